The van der Waals surface area contributed by atoms with Crippen molar-refractivity contribution in [2.75, 3.05) is 6.61 Å². The van der Waals surface area contributed by atoms with Gasteiger partial charge >= 0.3 is 0 Å². The van der Waals surface area contributed by atoms with E-state index >= 15 is 0 Å². The molecule has 0 bridgehead atoms. The smallest absolute Gasteiger partial charge is 0.143 e. The molecule has 1 fully saturated rings. The van der Waals surface area contributed by atoms with Crippen LogP contribution in [-0.4, -0.2) is 36.5 Å². The molecular weight excluding hydrogens is 737 g/mol. The van der Waals surface area contributed by atoms with E-state index in [1.165, 1.54) is 0 Å². The molecule has 1 aliphatic rings. The molecule has 0 N–H and O–H groups in total. The Bertz CT molecular complexity index is 2120. The second kappa shape index (κ2) is 19.9. The zero-order valence-corrected chi connectivity index (χ0v) is 33.2. The molecule has 58 heavy (non-hydrogen) atoms. The van der Waals surface area contributed by atoms with Crippen molar-refractivity contribution >= 4 is 11.8 Å². The van der Waals surface area contributed by atoms with Crippen molar-refractivity contribution in [1.29, 1.82) is 0 Å². The molecule has 0 spiro atoms. The fourth-order valence-electron chi connectivity index (χ4n) is 7.58. The van der Waals surface area contributed by atoms with Gasteiger partial charge in [0.2, 0.25) is 0 Å². The summed E-state index contributed by atoms with van der Waals surface area (Å²) in [6, 6.07) is 72.5. The van der Waals surface area contributed by atoms with Crippen LogP contribution in [0.1, 0.15) is 33.4 Å². The van der Waals surface area contributed by atoms with E-state index in [4.69, 9.17) is 23.7 Å². The lowest BCUT2D eigenvalue weighted by Gasteiger charge is -2.47. The molecule has 1 heterocycles. The van der Waals surface area contributed by atoms with Crippen molar-refractivity contribution in [3.05, 3.63) is 246 Å². The third-order valence-corrected chi connectivity index (χ3v) is 11.6. The number of rotatable bonds is 17. The van der Waals surface area contributed by atoms with Crippen LogP contribution in [0.4, 0.5) is 0 Å². The van der Waals surface area contributed by atoms with Gasteiger partial charge in [0.05, 0.1) is 26.4 Å². The molecule has 7 aromatic rings. The van der Waals surface area contributed by atoms with Gasteiger partial charge in [-0.3, -0.25) is 0 Å². The Labute approximate surface area is 346 Å². The topological polar surface area (TPSA) is 46.2 Å². The summed E-state index contributed by atoms with van der Waals surface area (Å²) in [6.45, 7) is 1.32. The van der Waals surface area contributed by atoms with Gasteiger partial charge in [0.1, 0.15) is 35.5 Å². The summed E-state index contributed by atoms with van der Waals surface area (Å²) in [7, 11) is 0. The maximum atomic E-state index is 7.47. The molecule has 0 radical (unpaired) electrons. The molecule has 6 heteroatoms. The van der Waals surface area contributed by atoms with Gasteiger partial charge in [-0.25, -0.2) is 0 Å². The van der Waals surface area contributed by atoms with Gasteiger partial charge in [-0.1, -0.05) is 212 Å². The van der Waals surface area contributed by atoms with E-state index < -0.39 is 35.5 Å². The van der Waals surface area contributed by atoms with Crippen LogP contribution in [0.2, 0.25) is 0 Å². The summed E-state index contributed by atoms with van der Waals surface area (Å²) >= 11 is 1.64. The highest BCUT2D eigenvalue weighted by Crippen LogP contribution is 2.43. The maximum absolute atomic E-state index is 7.47. The minimum Gasteiger partial charge on any atom is -0.368 e. The molecule has 8 rings (SSSR count). The average molecular weight is 785 g/mol. The van der Waals surface area contributed by atoms with Gasteiger partial charge in [0.15, 0.2) is 0 Å². The van der Waals surface area contributed by atoms with E-state index in [2.05, 4.69) is 133 Å². The highest BCUT2D eigenvalue weighted by molar-refractivity contribution is 7.99. The molecule has 0 aliphatic carbocycles. The molecular formula is C52H48O5S. The highest BCUT2D eigenvalue weighted by Gasteiger charge is 2.50. The minimum absolute atomic E-state index is 0.195. The predicted molar refractivity (Wildman–Crippen MR) is 231 cm³/mol. The Morgan fingerprint density at radius 3 is 1.16 bits per heavy atom. The van der Waals surface area contributed by atoms with Gasteiger partial charge in [0, 0.05) is 4.90 Å². The van der Waals surface area contributed by atoms with Crippen LogP contribution in [0.15, 0.2) is 217 Å². The third kappa shape index (κ3) is 9.68. The second-order valence-corrected chi connectivity index (χ2v) is 15.5. The van der Waals surface area contributed by atoms with E-state index in [-0.39, 0.29) is 6.61 Å². The fourth-order valence-corrected chi connectivity index (χ4v) is 8.73. The van der Waals surface area contributed by atoms with Crippen LogP contribution in [0.5, 0.6) is 0 Å². The molecule has 292 valence electrons. The van der Waals surface area contributed by atoms with E-state index in [0.29, 0.717) is 19.8 Å². The first kappa shape index (κ1) is 39.5. The fraction of sp³-hybridized carbons (Fsp3) is 0.192. The summed E-state index contributed by atoms with van der Waals surface area (Å²) in [5, 5.41) is 0. The van der Waals surface area contributed by atoms with Gasteiger partial charge in [0.25, 0.3) is 0 Å². The molecule has 1 aliphatic heterocycles. The number of hydrogen-bond donors (Lipinski definition) is 0. The maximum Gasteiger partial charge on any atom is 0.143 e. The lowest BCUT2D eigenvalue weighted by Crippen LogP contribution is -2.60. The molecule has 5 nitrogen and oxygen atoms in total. The molecule has 0 amide bonds. The average Bonchev–Trinajstić information content (AvgIpc) is 3.30. The zero-order chi connectivity index (χ0) is 39.2. The Kier molecular flexibility index (Phi) is 13.6. The zero-order valence-electron chi connectivity index (χ0n) is 32.4. The SMILES string of the molecule is c1ccc(CO[C@@H]2[C@@H](OCc3ccccc3)[C@H](Sc3ccccc3)O[C@H](COC(c3ccccc3)(c3ccccc3)c3ccccc3)[C@H]2OCc2ccccc2)cc1. The summed E-state index contributed by atoms with van der Waals surface area (Å²) < 4.78 is 35.8. The Balaban J connectivity index is 1.22. The van der Waals surface area contributed by atoms with E-state index in [0.717, 1.165) is 38.3 Å². The van der Waals surface area contributed by atoms with Crippen molar-refractivity contribution in [2.24, 2.45) is 0 Å². The monoisotopic (exact) mass is 784 g/mol. The van der Waals surface area contributed by atoms with Gasteiger partial charge in [-0.2, -0.15) is 0 Å². The lowest BCUT2D eigenvalue weighted by molar-refractivity contribution is -0.258. The molecule has 0 saturated carbocycles. The first-order valence-corrected chi connectivity index (χ1v) is 20.8. The Hall–Kier alpha value is -5.31. The predicted octanol–water partition coefficient (Wildman–Crippen LogP) is 11.3. The summed E-state index contributed by atoms with van der Waals surface area (Å²) in [5.74, 6) is 0. The molecule has 7 aromatic carbocycles. The van der Waals surface area contributed by atoms with Crippen LogP contribution >= 0.6 is 11.8 Å². The minimum atomic E-state index is -0.958. The van der Waals surface area contributed by atoms with E-state index in [1.54, 1.807) is 11.8 Å². The number of benzene rings is 7. The lowest BCUT2D eigenvalue weighted by atomic mass is 9.80. The van der Waals surface area contributed by atoms with Crippen molar-refractivity contribution in [3.8, 4) is 0 Å². The quantitative estimate of drug-likeness (QED) is 0.0857. The van der Waals surface area contributed by atoms with E-state index in [9.17, 15) is 0 Å². The van der Waals surface area contributed by atoms with Crippen molar-refractivity contribution in [2.45, 2.75) is 60.2 Å². The van der Waals surface area contributed by atoms with Gasteiger partial charge in [-0.05, 0) is 45.5 Å². The van der Waals surface area contributed by atoms with Crippen LogP contribution in [0, 0.1) is 0 Å². The third-order valence-electron chi connectivity index (χ3n) is 10.4. The molecule has 0 aromatic heterocycles. The standard InChI is InChI=1S/C52H48O5S/c1-8-22-40(23-9-1)36-53-48-47(39-56-52(43-28-14-4-15-29-43,44-30-16-5-17-31-44)45-32-18-6-19-33-45)57-51(58-46-34-20-7-21-35-46)50(55-38-42-26-12-3-13-27-42)49(48)54-37-41-24-10-2-11-25-41/h1-35,47-51H,36-39H2/t47-,48-,49+,50-,51+/m1/s1. The van der Waals surface area contributed by atoms with Gasteiger partial charge < -0.3 is 23.7 Å². The largest absolute Gasteiger partial charge is 0.368 e. The molecule has 1 saturated heterocycles. The summed E-state index contributed by atoms with van der Waals surface area (Å²) in [5.41, 5.74) is 4.81. The van der Waals surface area contributed by atoms with Crippen LogP contribution in [0.3, 0.4) is 0 Å². The summed E-state index contributed by atoms with van der Waals surface area (Å²) in [6.07, 6.45) is -2.17. The second-order valence-electron chi connectivity index (χ2n) is 14.3. The Morgan fingerprint density at radius 2 is 0.741 bits per heavy atom. The molecule has 0 unspecified atom stereocenters. The Morgan fingerprint density at radius 1 is 0.397 bits per heavy atom. The normalized spacial score (nSPS) is 19.4. The van der Waals surface area contributed by atoms with Crippen LogP contribution < -0.4 is 0 Å². The number of ether oxygens (including phenoxy) is 5. The van der Waals surface area contributed by atoms with Crippen molar-refractivity contribution < 1.29 is 23.7 Å². The summed E-state index contributed by atoms with van der Waals surface area (Å²) in [4.78, 5) is 1.07. The molecule has 5 atom stereocenters. The van der Waals surface area contributed by atoms with E-state index in [1.807, 2.05) is 78.9 Å². The van der Waals surface area contributed by atoms with Crippen molar-refractivity contribution in [1.82, 2.24) is 0 Å². The first-order chi connectivity index (χ1) is 28.8. The van der Waals surface area contributed by atoms with Gasteiger partial charge in [-0.15, -0.1) is 0 Å². The van der Waals surface area contributed by atoms with Crippen molar-refractivity contribution in [3.63, 3.8) is 0 Å². The highest BCUT2D eigenvalue weighted by atomic mass is 32.2. The first-order valence-electron chi connectivity index (χ1n) is 19.9. The number of thioether (sulfide) groups is 1. The number of hydrogen-bond acceptors (Lipinski definition) is 6. The van der Waals surface area contributed by atoms with Crippen LogP contribution in [0.25, 0.3) is 0 Å². The van der Waals surface area contributed by atoms with Crippen LogP contribution in [-0.2, 0) is 49.1 Å².